The lowest BCUT2D eigenvalue weighted by Crippen LogP contribution is -2.23. The van der Waals surface area contributed by atoms with E-state index in [-0.39, 0.29) is 5.97 Å². The Hall–Kier alpha value is -1.10. The summed E-state index contributed by atoms with van der Waals surface area (Å²) >= 11 is 1.17. The summed E-state index contributed by atoms with van der Waals surface area (Å²) < 4.78 is 10.0. The van der Waals surface area contributed by atoms with Gasteiger partial charge in [0.1, 0.15) is 10.5 Å². The van der Waals surface area contributed by atoms with Gasteiger partial charge in [-0.15, -0.1) is 0 Å². The second-order valence-corrected chi connectivity index (χ2v) is 4.69. The molecule has 1 heterocycles. The van der Waals surface area contributed by atoms with Gasteiger partial charge in [0, 0.05) is 0 Å². The van der Waals surface area contributed by atoms with Crippen LogP contribution in [-0.2, 0) is 4.74 Å². The van der Waals surface area contributed by atoms with Crippen LogP contribution in [0.25, 0.3) is 0 Å². The van der Waals surface area contributed by atoms with Gasteiger partial charge in [-0.05, 0) is 20.8 Å². The molecule has 0 fully saturated rings. The number of methoxy groups -OCH3 is 1. The number of esters is 1. The molecule has 0 bridgehead atoms. The molecule has 0 radical (unpaired) electrons. The van der Waals surface area contributed by atoms with Crippen molar-refractivity contribution in [3.05, 3.63) is 11.1 Å². The molecular formula is C9H13NO3S. The zero-order chi connectivity index (χ0) is 10.8. The Morgan fingerprint density at radius 1 is 1.50 bits per heavy atom. The largest absolute Gasteiger partial charge is 0.473 e. The lowest BCUT2D eigenvalue weighted by atomic mass is 10.2. The second kappa shape index (κ2) is 3.96. The van der Waals surface area contributed by atoms with Crippen LogP contribution in [0.2, 0.25) is 0 Å². The van der Waals surface area contributed by atoms with Crippen molar-refractivity contribution in [2.75, 3.05) is 7.11 Å². The molecule has 1 aromatic rings. The molecule has 0 aliphatic rings. The van der Waals surface area contributed by atoms with Crippen molar-refractivity contribution in [1.82, 2.24) is 4.98 Å². The molecule has 0 atom stereocenters. The minimum absolute atomic E-state index is 0.363. The Balaban J connectivity index is 2.70. The van der Waals surface area contributed by atoms with Gasteiger partial charge < -0.3 is 9.47 Å². The van der Waals surface area contributed by atoms with Crippen LogP contribution in [0.5, 0.6) is 5.19 Å². The summed E-state index contributed by atoms with van der Waals surface area (Å²) in [5.74, 6) is -0.363. The maximum absolute atomic E-state index is 11.5. The zero-order valence-electron chi connectivity index (χ0n) is 8.66. The molecule has 0 saturated carbocycles. The highest BCUT2D eigenvalue weighted by atomic mass is 32.1. The van der Waals surface area contributed by atoms with Crippen molar-refractivity contribution in [3.8, 4) is 5.19 Å². The van der Waals surface area contributed by atoms with Crippen LogP contribution in [0.15, 0.2) is 6.20 Å². The van der Waals surface area contributed by atoms with E-state index in [1.807, 2.05) is 20.8 Å². The molecule has 5 heteroatoms. The van der Waals surface area contributed by atoms with E-state index in [0.29, 0.717) is 10.1 Å². The summed E-state index contributed by atoms with van der Waals surface area (Å²) in [7, 11) is 1.51. The van der Waals surface area contributed by atoms with E-state index in [9.17, 15) is 4.79 Å². The summed E-state index contributed by atoms with van der Waals surface area (Å²) in [4.78, 5) is 15.8. The molecule has 0 amide bonds. The standard InChI is InChI=1S/C9H13NO3S/c1-9(2,3)13-7(11)6-5-10-8(12-4)14-6/h5H,1-4H3. The third kappa shape index (κ3) is 2.99. The molecular weight excluding hydrogens is 202 g/mol. The average molecular weight is 215 g/mol. The Morgan fingerprint density at radius 3 is 2.57 bits per heavy atom. The van der Waals surface area contributed by atoms with Gasteiger partial charge in [-0.2, -0.15) is 0 Å². The maximum Gasteiger partial charge on any atom is 0.350 e. The highest BCUT2D eigenvalue weighted by Gasteiger charge is 2.19. The predicted molar refractivity (Wildman–Crippen MR) is 53.8 cm³/mol. The summed E-state index contributed by atoms with van der Waals surface area (Å²) in [5, 5.41) is 0.464. The Bertz CT molecular complexity index is 327. The molecule has 0 unspecified atom stereocenters. The smallest absolute Gasteiger partial charge is 0.350 e. The van der Waals surface area contributed by atoms with Gasteiger partial charge in [-0.3, -0.25) is 0 Å². The summed E-state index contributed by atoms with van der Waals surface area (Å²) in [6.07, 6.45) is 1.46. The predicted octanol–water partition coefficient (Wildman–Crippen LogP) is 2.11. The number of carbonyl (C=O) groups is 1. The summed E-state index contributed by atoms with van der Waals surface area (Å²) in [5.41, 5.74) is -0.478. The van der Waals surface area contributed by atoms with Crippen LogP contribution in [-0.4, -0.2) is 23.7 Å². The van der Waals surface area contributed by atoms with Crippen molar-refractivity contribution in [3.63, 3.8) is 0 Å². The Labute approximate surface area is 86.9 Å². The van der Waals surface area contributed by atoms with E-state index in [1.54, 1.807) is 0 Å². The molecule has 14 heavy (non-hydrogen) atoms. The van der Waals surface area contributed by atoms with Crippen molar-refractivity contribution in [2.45, 2.75) is 26.4 Å². The highest BCUT2D eigenvalue weighted by Crippen LogP contribution is 2.22. The minimum Gasteiger partial charge on any atom is -0.473 e. The van der Waals surface area contributed by atoms with Crippen LogP contribution >= 0.6 is 11.3 Å². The van der Waals surface area contributed by atoms with Gasteiger partial charge in [0.25, 0.3) is 5.19 Å². The first-order chi connectivity index (χ1) is 6.42. The zero-order valence-corrected chi connectivity index (χ0v) is 9.47. The number of thiazole rings is 1. The Kier molecular flexibility index (Phi) is 3.10. The first kappa shape index (κ1) is 11.0. The number of nitrogens with zero attached hydrogens (tertiary/aromatic N) is 1. The lowest BCUT2D eigenvalue weighted by molar-refractivity contribution is 0.00750. The summed E-state index contributed by atoms with van der Waals surface area (Å²) in [6.45, 7) is 5.47. The topological polar surface area (TPSA) is 48.4 Å². The van der Waals surface area contributed by atoms with Gasteiger partial charge in [-0.25, -0.2) is 9.78 Å². The van der Waals surface area contributed by atoms with E-state index in [0.717, 1.165) is 0 Å². The molecule has 4 nitrogen and oxygen atoms in total. The second-order valence-electron chi connectivity index (χ2n) is 3.70. The van der Waals surface area contributed by atoms with Crippen LogP contribution in [0, 0.1) is 0 Å². The molecule has 0 aromatic carbocycles. The van der Waals surface area contributed by atoms with E-state index < -0.39 is 5.60 Å². The first-order valence-corrected chi connectivity index (χ1v) is 4.97. The van der Waals surface area contributed by atoms with Gasteiger partial charge in [-0.1, -0.05) is 11.3 Å². The van der Waals surface area contributed by atoms with Crippen LogP contribution in [0.1, 0.15) is 30.4 Å². The van der Waals surface area contributed by atoms with E-state index >= 15 is 0 Å². The third-order valence-corrected chi connectivity index (χ3v) is 2.20. The fourth-order valence-electron chi connectivity index (χ4n) is 0.775. The summed E-state index contributed by atoms with van der Waals surface area (Å²) in [6, 6.07) is 0. The van der Waals surface area contributed by atoms with Crippen molar-refractivity contribution < 1.29 is 14.3 Å². The van der Waals surface area contributed by atoms with Crippen LogP contribution in [0.3, 0.4) is 0 Å². The molecule has 0 N–H and O–H groups in total. The SMILES string of the molecule is COc1ncc(C(=O)OC(C)(C)C)s1. The van der Waals surface area contributed by atoms with Gasteiger partial charge in [0.2, 0.25) is 0 Å². The highest BCUT2D eigenvalue weighted by molar-refractivity contribution is 7.15. The Morgan fingerprint density at radius 2 is 2.14 bits per heavy atom. The monoisotopic (exact) mass is 215 g/mol. The average Bonchev–Trinajstić information content (AvgIpc) is 2.48. The van der Waals surface area contributed by atoms with Crippen molar-refractivity contribution in [1.29, 1.82) is 0 Å². The van der Waals surface area contributed by atoms with Crippen LogP contribution < -0.4 is 4.74 Å². The minimum atomic E-state index is -0.478. The molecule has 0 aliphatic carbocycles. The number of hydrogen-bond donors (Lipinski definition) is 0. The van der Waals surface area contributed by atoms with Crippen LogP contribution in [0.4, 0.5) is 0 Å². The van der Waals surface area contributed by atoms with Crippen molar-refractivity contribution in [2.24, 2.45) is 0 Å². The van der Waals surface area contributed by atoms with Gasteiger partial charge >= 0.3 is 5.97 Å². The fourth-order valence-corrected chi connectivity index (χ4v) is 1.38. The molecule has 1 rings (SSSR count). The van der Waals surface area contributed by atoms with E-state index in [1.165, 1.54) is 24.6 Å². The van der Waals surface area contributed by atoms with Gasteiger partial charge in [0.05, 0.1) is 13.3 Å². The van der Waals surface area contributed by atoms with Crippen molar-refractivity contribution >= 4 is 17.3 Å². The number of ether oxygens (including phenoxy) is 2. The molecule has 1 aromatic heterocycles. The lowest BCUT2D eigenvalue weighted by Gasteiger charge is -2.18. The normalized spacial score (nSPS) is 11.1. The van der Waals surface area contributed by atoms with Gasteiger partial charge in [0.15, 0.2) is 0 Å². The fraction of sp³-hybridized carbons (Fsp3) is 0.556. The van der Waals surface area contributed by atoms with E-state index in [2.05, 4.69) is 4.98 Å². The van der Waals surface area contributed by atoms with E-state index in [4.69, 9.17) is 9.47 Å². The number of hydrogen-bond acceptors (Lipinski definition) is 5. The quantitative estimate of drug-likeness (QED) is 0.709. The third-order valence-electron chi connectivity index (χ3n) is 1.26. The molecule has 0 saturated heterocycles. The molecule has 0 spiro atoms. The number of aromatic nitrogens is 1. The molecule has 78 valence electrons. The first-order valence-electron chi connectivity index (χ1n) is 4.15. The number of rotatable bonds is 2. The molecule has 0 aliphatic heterocycles. The maximum atomic E-state index is 11.5. The number of carbonyl (C=O) groups excluding carboxylic acids is 1.